The van der Waals surface area contributed by atoms with Gasteiger partial charge in [0.1, 0.15) is 11.5 Å². The summed E-state index contributed by atoms with van der Waals surface area (Å²) in [5, 5.41) is 9.14. The number of aromatic nitrogens is 2. The van der Waals surface area contributed by atoms with Crippen molar-refractivity contribution in [1.82, 2.24) is 15.1 Å². The lowest BCUT2D eigenvalue weighted by Gasteiger charge is -2.26. The van der Waals surface area contributed by atoms with Crippen molar-refractivity contribution in [3.8, 4) is 16.9 Å². The first-order valence-corrected chi connectivity index (χ1v) is 9.90. The van der Waals surface area contributed by atoms with Crippen LogP contribution in [0.3, 0.4) is 0 Å². The summed E-state index contributed by atoms with van der Waals surface area (Å²) < 4.78 is 20.3. The molecule has 0 atom stereocenters. The van der Waals surface area contributed by atoms with Gasteiger partial charge >= 0.3 is 0 Å². The van der Waals surface area contributed by atoms with Gasteiger partial charge in [0.2, 0.25) is 0 Å². The molecule has 0 bridgehead atoms. The Bertz CT molecular complexity index is 1250. The SMILES string of the molecule is O=C(NC1COC1)c1ccc2c(-c3ccccc3Cl)nn(-c3ccc(F)cc3)c2c1. The minimum absolute atomic E-state index is 0.0360. The van der Waals surface area contributed by atoms with Crippen molar-refractivity contribution in [2.24, 2.45) is 0 Å². The largest absolute Gasteiger partial charge is 0.377 e. The first-order valence-electron chi connectivity index (χ1n) is 9.52. The van der Waals surface area contributed by atoms with Crippen LogP contribution in [0.2, 0.25) is 5.02 Å². The highest BCUT2D eigenvalue weighted by Gasteiger charge is 2.22. The van der Waals surface area contributed by atoms with Gasteiger partial charge in [0, 0.05) is 16.5 Å². The molecule has 0 aliphatic carbocycles. The Labute approximate surface area is 177 Å². The number of benzene rings is 3. The van der Waals surface area contributed by atoms with Gasteiger partial charge in [-0.2, -0.15) is 5.10 Å². The number of halogens is 2. The van der Waals surface area contributed by atoms with Crippen LogP contribution < -0.4 is 5.32 Å². The molecule has 7 heteroatoms. The molecule has 1 amide bonds. The number of ether oxygens (including phenoxy) is 1. The summed E-state index contributed by atoms with van der Waals surface area (Å²) in [7, 11) is 0. The van der Waals surface area contributed by atoms with Crippen molar-refractivity contribution in [3.63, 3.8) is 0 Å². The average molecular weight is 422 g/mol. The van der Waals surface area contributed by atoms with Crippen LogP contribution in [0.5, 0.6) is 0 Å². The molecule has 4 aromatic rings. The molecule has 0 spiro atoms. The lowest BCUT2D eigenvalue weighted by molar-refractivity contribution is -0.00346. The van der Waals surface area contributed by atoms with Gasteiger partial charge in [0.15, 0.2) is 0 Å². The monoisotopic (exact) mass is 421 g/mol. The number of hydrogen-bond donors (Lipinski definition) is 1. The fourth-order valence-corrected chi connectivity index (χ4v) is 3.70. The van der Waals surface area contributed by atoms with Crippen molar-refractivity contribution in [2.45, 2.75) is 6.04 Å². The van der Waals surface area contributed by atoms with E-state index in [1.165, 1.54) is 12.1 Å². The highest BCUT2D eigenvalue weighted by molar-refractivity contribution is 6.33. The maximum absolute atomic E-state index is 13.5. The van der Waals surface area contributed by atoms with Crippen LogP contribution in [0.4, 0.5) is 4.39 Å². The number of fused-ring (bicyclic) bond motifs is 1. The topological polar surface area (TPSA) is 56.1 Å². The molecule has 2 heterocycles. The second-order valence-electron chi connectivity index (χ2n) is 7.16. The van der Waals surface area contributed by atoms with Crippen molar-refractivity contribution >= 4 is 28.4 Å². The highest BCUT2D eigenvalue weighted by atomic mass is 35.5. The highest BCUT2D eigenvalue weighted by Crippen LogP contribution is 2.34. The molecular weight excluding hydrogens is 405 g/mol. The van der Waals surface area contributed by atoms with E-state index in [9.17, 15) is 9.18 Å². The zero-order valence-corrected chi connectivity index (χ0v) is 16.6. The standard InChI is InChI=1S/C23H17ClFN3O2/c24-20-4-2-1-3-18(20)22-19-10-5-14(23(29)26-16-12-30-13-16)11-21(19)28(27-22)17-8-6-15(25)7-9-17/h1-11,16H,12-13H2,(H,26,29). The van der Waals surface area contributed by atoms with Gasteiger partial charge in [-0.15, -0.1) is 0 Å². The molecule has 30 heavy (non-hydrogen) atoms. The average Bonchev–Trinajstić information content (AvgIpc) is 3.10. The Morgan fingerprint density at radius 1 is 1.10 bits per heavy atom. The molecular formula is C23H17ClFN3O2. The fourth-order valence-electron chi connectivity index (χ4n) is 3.48. The van der Waals surface area contributed by atoms with Crippen LogP contribution in [0.25, 0.3) is 27.8 Å². The molecule has 1 aliphatic rings. The predicted molar refractivity (Wildman–Crippen MR) is 114 cm³/mol. The molecule has 0 saturated carbocycles. The quantitative estimate of drug-likeness (QED) is 0.523. The smallest absolute Gasteiger partial charge is 0.251 e. The summed E-state index contributed by atoms with van der Waals surface area (Å²) in [6.45, 7) is 1.05. The van der Waals surface area contributed by atoms with Gasteiger partial charge in [-0.05, 0) is 48.5 Å². The van der Waals surface area contributed by atoms with Gasteiger partial charge in [0.25, 0.3) is 5.91 Å². The number of carbonyl (C=O) groups excluding carboxylic acids is 1. The van der Waals surface area contributed by atoms with Gasteiger partial charge in [-0.3, -0.25) is 4.79 Å². The summed E-state index contributed by atoms with van der Waals surface area (Å²) in [6.07, 6.45) is 0. The van der Waals surface area contributed by atoms with Crippen LogP contribution in [0.15, 0.2) is 66.7 Å². The van der Waals surface area contributed by atoms with Crippen molar-refractivity contribution in [2.75, 3.05) is 13.2 Å². The lowest BCUT2D eigenvalue weighted by atomic mass is 10.1. The zero-order chi connectivity index (χ0) is 20.7. The van der Waals surface area contributed by atoms with Gasteiger partial charge in [0.05, 0.1) is 35.5 Å². The van der Waals surface area contributed by atoms with E-state index in [1.54, 1.807) is 28.9 Å². The van der Waals surface area contributed by atoms with Gasteiger partial charge < -0.3 is 10.1 Å². The second-order valence-corrected chi connectivity index (χ2v) is 7.56. The number of rotatable bonds is 4. The molecule has 5 nitrogen and oxygen atoms in total. The van der Waals surface area contributed by atoms with Crippen LogP contribution in [-0.4, -0.2) is 34.9 Å². The van der Waals surface area contributed by atoms with E-state index in [-0.39, 0.29) is 17.8 Å². The zero-order valence-electron chi connectivity index (χ0n) is 15.8. The van der Waals surface area contributed by atoms with E-state index in [2.05, 4.69) is 5.32 Å². The predicted octanol–water partition coefficient (Wildman–Crippen LogP) is 4.61. The molecule has 5 rings (SSSR count). The Balaban J connectivity index is 1.67. The number of carbonyl (C=O) groups is 1. The van der Waals surface area contributed by atoms with E-state index in [1.807, 2.05) is 30.3 Å². The van der Waals surface area contributed by atoms with E-state index in [4.69, 9.17) is 21.4 Å². The van der Waals surface area contributed by atoms with E-state index < -0.39 is 0 Å². The number of nitrogens with one attached hydrogen (secondary N) is 1. The van der Waals surface area contributed by atoms with Crippen molar-refractivity contribution < 1.29 is 13.9 Å². The molecule has 1 saturated heterocycles. The van der Waals surface area contributed by atoms with Crippen molar-refractivity contribution in [3.05, 3.63) is 83.1 Å². The van der Waals surface area contributed by atoms with Crippen LogP contribution in [0, 0.1) is 5.82 Å². The van der Waals surface area contributed by atoms with Crippen LogP contribution in [-0.2, 0) is 4.74 Å². The molecule has 1 fully saturated rings. The summed E-state index contributed by atoms with van der Waals surface area (Å²) in [5.41, 5.74) is 3.41. The van der Waals surface area contributed by atoms with Crippen LogP contribution in [0.1, 0.15) is 10.4 Å². The summed E-state index contributed by atoms with van der Waals surface area (Å²) in [6, 6.07) is 19.0. The van der Waals surface area contributed by atoms with E-state index in [0.29, 0.717) is 35.2 Å². The maximum Gasteiger partial charge on any atom is 0.251 e. The molecule has 1 aromatic heterocycles. The second kappa shape index (κ2) is 7.55. The fraction of sp³-hybridized carbons (Fsp3) is 0.130. The first-order chi connectivity index (χ1) is 14.6. The Morgan fingerprint density at radius 3 is 2.57 bits per heavy atom. The lowest BCUT2D eigenvalue weighted by Crippen LogP contribution is -2.48. The third-order valence-corrected chi connectivity index (χ3v) is 5.45. The third kappa shape index (κ3) is 3.34. The summed E-state index contributed by atoms with van der Waals surface area (Å²) in [4.78, 5) is 12.6. The number of hydrogen-bond acceptors (Lipinski definition) is 3. The molecule has 1 N–H and O–H groups in total. The minimum atomic E-state index is -0.329. The molecule has 1 aliphatic heterocycles. The molecule has 3 aromatic carbocycles. The number of amides is 1. The molecule has 0 radical (unpaired) electrons. The third-order valence-electron chi connectivity index (χ3n) is 5.12. The minimum Gasteiger partial charge on any atom is -0.377 e. The Hall–Kier alpha value is -3.22. The molecule has 150 valence electrons. The van der Waals surface area contributed by atoms with Crippen molar-refractivity contribution in [1.29, 1.82) is 0 Å². The normalized spacial score (nSPS) is 13.9. The van der Waals surface area contributed by atoms with E-state index in [0.717, 1.165) is 16.5 Å². The molecule has 0 unspecified atom stereocenters. The van der Waals surface area contributed by atoms with E-state index >= 15 is 0 Å². The van der Waals surface area contributed by atoms with Crippen LogP contribution >= 0.6 is 11.6 Å². The Morgan fingerprint density at radius 2 is 1.87 bits per heavy atom. The Kier molecular flexibility index (Phi) is 4.73. The number of nitrogens with zero attached hydrogens (tertiary/aromatic N) is 2. The first kappa shape index (κ1) is 18.8. The summed E-state index contributed by atoms with van der Waals surface area (Å²) >= 11 is 6.42. The maximum atomic E-state index is 13.5. The van der Waals surface area contributed by atoms with Gasteiger partial charge in [-0.1, -0.05) is 29.8 Å². The summed E-state index contributed by atoms with van der Waals surface area (Å²) in [5.74, 6) is -0.499. The van der Waals surface area contributed by atoms with Gasteiger partial charge in [-0.25, -0.2) is 9.07 Å².